The van der Waals surface area contributed by atoms with Crippen LogP contribution in [0.4, 0.5) is 5.69 Å². The largest absolute Gasteiger partial charge is 0.340 e. The summed E-state index contributed by atoms with van der Waals surface area (Å²) >= 11 is 0. The highest BCUT2D eigenvalue weighted by Crippen LogP contribution is 2.31. The molecule has 0 spiro atoms. The van der Waals surface area contributed by atoms with Gasteiger partial charge in [-0.15, -0.1) is 0 Å². The van der Waals surface area contributed by atoms with Crippen LogP contribution in [0, 0.1) is 5.41 Å². The average molecular weight is 543 g/mol. The highest BCUT2D eigenvalue weighted by molar-refractivity contribution is 7.91. The molecule has 0 aliphatic rings. The van der Waals surface area contributed by atoms with E-state index in [2.05, 4.69) is 10.6 Å². The van der Waals surface area contributed by atoms with Crippen LogP contribution in [-0.4, -0.2) is 32.0 Å². The van der Waals surface area contributed by atoms with Gasteiger partial charge in [-0.1, -0.05) is 93.6 Å². The molecule has 4 aromatic carbocycles. The van der Waals surface area contributed by atoms with Gasteiger partial charge in [0, 0.05) is 22.0 Å². The van der Waals surface area contributed by atoms with Crippen LogP contribution in [0.15, 0.2) is 102 Å². The average Bonchev–Trinajstić information content (AvgIpc) is 2.90. The van der Waals surface area contributed by atoms with Gasteiger partial charge < -0.3 is 10.6 Å². The summed E-state index contributed by atoms with van der Waals surface area (Å²) in [4.78, 5) is 26.8. The molecule has 0 unspecified atom stereocenters. The van der Waals surface area contributed by atoms with Crippen LogP contribution in [0.25, 0.3) is 10.8 Å². The molecule has 0 aliphatic heterocycles. The van der Waals surface area contributed by atoms with E-state index in [9.17, 15) is 18.0 Å². The number of sulfone groups is 1. The molecule has 2 amide bonds. The molecule has 4 rings (SSSR count). The van der Waals surface area contributed by atoms with E-state index in [1.54, 1.807) is 60.7 Å². The molecule has 0 saturated heterocycles. The van der Waals surface area contributed by atoms with E-state index >= 15 is 0 Å². The van der Waals surface area contributed by atoms with Gasteiger partial charge in [0.15, 0.2) is 9.84 Å². The van der Waals surface area contributed by atoms with Crippen LogP contribution >= 0.6 is 0 Å². The van der Waals surface area contributed by atoms with E-state index in [1.807, 2.05) is 57.2 Å². The Morgan fingerprint density at radius 2 is 1.38 bits per heavy atom. The topological polar surface area (TPSA) is 92.3 Å². The fourth-order valence-electron chi connectivity index (χ4n) is 4.58. The summed E-state index contributed by atoms with van der Waals surface area (Å²) in [5.74, 6) is -0.703. The van der Waals surface area contributed by atoms with Gasteiger partial charge in [-0.3, -0.25) is 9.59 Å². The maximum atomic E-state index is 13.6. The van der Waals surface area contributed by atoms with Crippen molar-refractivity contribution in [2.75, 3.05) is 11.1 Å². The van der Waals surface area contributed by atoms with Crippen molar-refractivity contribution in [2.45, 2.75) is 44.6 Å². The number of benzene rings is 4. The summed E-state index contributed by atoms with van der Waals surface area (Å²) in [5, 5.41) is 7.01. The first kappa shape index (κ1) is 28.0. The quantitative estimate of drug-likeness (QED) is 0.270. The Balaban J connectivity index is 1.62. The first-order chi connectivity index (χ1) is 18.5. The third-order valence-electron chi connectivity index (χ3n) is 6.32. The van der Waals surface area contributed by atoms with Gasteiger partial charge in [-0.05, 0) is 48.1 Å². The second-order valence-electron chi connectivity index (χ2n) is 10.9. The van der Waals surface area contributed by atoms with Crippen molar-refractivity contribution >= 4 is 38.1 Å². The minimum absolute atomic E-state index is 0.00276. The first-order valence-corrected chi connectivity index (χ1v) is 14.6. The molecule has 0 saturated carbocycles. The van der Waals surface area contributed by atoms with E-state index in [0.29, 0.717) is 34.9 Å². The third kappa shape index (κ3) is 7.33. The Morgan fingerprint density at radius 1 is 0.769 bits per heavy atom. The Labute approximate surface area is 230 Å². The lowest BCUT2D eigenvalue weighted by Gasteiger charge is -2.21. The summed E-state index contributed by atoms with van der Waals surface area (Å²) in [7, 11) is -3.56. The predicted octanol–water partition coefficient (Wildman–Crippen LogP) is 6.03. The van der Waals surface area contributed by atoms with Crippen LogP contribution in [0.3, 0.4) is 0 Å². The van der Waals surface area contributed by atoms with E-state index in [-0.39, 0.29) is 22.5 Å². The lowest BCUT2D eigenvalue weighted by atomic mass is 10.0. The molecule has 0 aromatic heterocycles. The van der Waals surface area contributed by atoms with Crippen molar-refractivity contribution in [2.24, 2.45) is 5.41 Å². The SMILES string of the molecule is CC(C)(C)CS(=O)(=O)c1cccc2c(NC(=O)[C@H](CCc3ccccc3)NC(=O)c3ccccc3)cccc12. The molecule has 202 valence electrons. The number of hydrogen-bond donors (Lipinski definition) is 2. The lowest BCUT2D eigenvalue weighted by Crippen LogP contribution is -2.44. The molecule has 0 heterocycles. The highest BCUT2D eigenvalue weighted by Gasteiger charge is 2.26. The van der Waals surface area contributed by atoms with Gasteiger partial charge in [0.05, 0.1) is 10.6 Å². The molecule has 0 fully saturated rings. The highest BCUT2D eigenvalue weighted by atomic mass is 32.2. The zero-order valence-corrected chi connectivity index (χ0v) is 23.3. The Bertz CT molecular complexity index is 1560. The van der Waals surface area contributed by atoms with Gasteiger partial charge in [0.25, 0.3) is 5.91 Å². The monoisotopic (exact) mass is 542 g/mol. The molecule has 0 aliphatic carbocycles. The molecule has 2 N–H and O–H groups in total. The Kier molecular flexibility index (Phi) is 8.51. The minimum Gasteiger partial charge on any atom is -0.340 e. The molecule has 7 heteroatoms. The van der Waals surface area contributed by atoms with Gasteiger partial charge in [0.1, 0.15) is 6.04 Å². The van der Waals surface area contributed by atoms with Crippen LogP contribution in [0.2, 0.25) is 0 Å². The number of carbonyl (C=O) groups excluding carboxylic acids is 2. The summed E-state index contributed by atoms with van der Waals surface area (Å²) in [5.41, 5.74) is 1.61. The van der Waals surface area contributed by atoms with Crippen molar-refractivity contribution < 1.29 is 18.0 Å². The first-order valence-electron chi connectivity index (χ1n) is 13.0. The molecular formula is C32H34N2O4S. The second kappa shape index (κ2) is 11.8. The van der Waals surface area contributed by atoms with E-state index in [0.717, 1.165) is 5.56 Å². The number of amides is 2. The normalized spacial score (nSPS) is 12.6. The summed E-state index contributed by atoms with van der Waals surface area (Å²) < 4.78 is 26.5. The fraction of sp³-hybridized carbons (Fsp3) is 0.250. The Morgan fingerprint density at radius 3 is 2.05 bits per heavy atom. The zero-order valence-electron chi connectivity index (χ0n) is 22.5. The van der Waals surface area contributed by atoms with Gasteiger partial charge in [-0.25, -0.2) is 8.42 Å². The maximum Gasteiger partial charge on any atom is 0.251 e. The van der Waals surface area contributed by atoms with E-state index in [1.165, 1.54) is 0 Å². The molecule has 6 nitrogen and oxygen atoms in total. The van der Waals surface area contributed by atoms with Gasteiger partial charge in [0.2, 0.25) is 5.91 Å². The van der Waals surface area contributed by atoms with E-state index < -0.39 is 21.3 Å². The number of rotatable bonds is 9. The predicted molar refractivity (Wildman–Crippen MR) is 157 cm³/mol. The smallest absolute Gasteiger partial charge is 0.251 e. The van der Waals surface area contributed by atoms with Crippen molar-refractivity contribution in [3.63, 3.8) is 0 Å². The summed E-state index contributed by atoms with van der Waals surface area (Å²) in [6.45, 7) is 5.67. The van der Waals surface area contributed by atoms with Gasteiger partial charge in [-0.2, -0.15) is 0 Å². The number of nitrogens with one attached hydrogen (secondary N) is 2. The number of hydrogen-bond acceptors (Lipinski definition) is 4. The minimum atomic E-state index is -3.56. The van der Waals surface area contributed by atoms with Crippen molar-refractivity contribution in [3.8, 4) is 0 Å². The molecule has 4 aromatic rings. The lowest BCUT2D eigenvalue weighted by molar-refractivity contribution is -0.118. The summed E-state index contributed by atoms with van der Waals surface area (Å²) in [6, 6.07) is 28.1. The number of aryl methyl sites for hydroxylation is 1. The molecule has 39 heavy (non-hydrogen) atoms. The molecule has 1 atom stereocenters. The van der Waals surface area contributed by atoms with Gasteiger partial charge >= 0.3 is 0 Å². The fourth-order valence-corrected chi connectivity index (χ4v) is 6.68. The number of anilines is 1. The van der Waals surface area contributed by atoms with Crippen molar-refractivity contribution in [1.82, 2.24) is 5.32 Å². The Hall–Kier alpha value is -3.97. The number of fused-ring (bicyclic) bond motifs is 1. The molecule has 0 bridgehead atoms. The van der Waals surface area contributed by atoms with Crippen LogP contribution in [0.5, 0.6) is 0 Å². The molecule has 0 radical (unpaired) electrons. The van der Waals surface area contributed by atoms with Crippen LogP contribution < -0.4 is 10.6 Å². The number of carbonyl (C=O) groups is 2. The van der Waals surface area contributed by atoms with Crippen molar-refractivity contribution in [3.05, 3.63) is 108 Å². The zero-order chi connectivity index (χ0) is 28.0. The summed E-state index contributed by atoms with van der Waals surface area (Å²) in [6.07, 6.45) is 0.989. The van der Waals surface area contributed by atoms with Crippen molar-refractivity contribution in [1.29, 1.82) is 0 Å². The third-order valence-corrected chi connectivity index (χ3v) is 8.59. The van der Waals surface area contributed by atoms with E-state index in [4.69, 9.17) is 0 Å². The molecular weight excluding hydrogens is 508 g/mol. The maximum absolute atomic E-state index is 13.6. The second-order valence-corrected chi connectivity index (χ2v) is 12.8. The van der Waals surface area contributed by atoms with Crippen LogP contribution in [-0.2, 0) is 21.1 Å². The van der Waals surface area contributed by atoms with Crippen LogP contribution in [0.1, 0.15) is 43.1 Å². The standard InChI is InChI=1S/C32H34N2O4S/c1-32(2,3)22-39(37,38)29-19-11-16-25-26(29)17-10-18-27(25)33-31(36)28(21-20-23-12-6-4-7-13-23)34-30(35)24-14-8-5-9-15-24/h4-19,28H,20-22H2,1-3H3,(H,33,36)(H,34,35)/t28-/m0/s1.